The van der Waals surface area contributed by atoms with E-state index in [-0.39, 0.29) is 5.78 Å². The number of ether oxygens (including phenoxy) is 2. The topological polar surface area (TPSA) is 78.9 Å². The van der Waals surface area contributed by atoms with E-state index in [2.05, 4.69) is 25.7 Å². The largest absolute Gasteiger partial charge is 0.497 e. The van der Waals surface area contributed by atoms with Gasteiger partial charge in [0.1, 0.15) is 29.0 Å². The number of aromatic amines is 1. The molecule has 3 heterocycles. The second kappa shape index (κ2) is 10.9. The molecule has 2 unspecified atom stereocenters. The SMILES string of the molecule is COc1cc(NC(C(=O)c2c[nH]c3ccccc23)[SH]2[C]=Nc3ccccc32)cc(OCCN2CCCC2)c1. The molecule has 1 aromatic heterocycles. The number of likely N-dealkylation sites (tertiary alicyclic amines) is 1. The lowest BCUT2D eigenvalue weighted by molar-refractivity contribution is 0.0997. The van der Waals surface area contributed by atoms with E-state index in [9.17, 15) is 4.79 Å². The average Bonchev–Trinajstić information content (AvgIpc) is 3.71. The van der Waals surface area contributed by atoms with Crippen molar-refractivity contribution in [3.05, 3.63) is 78.5 Å². The van der Waals surface area contributed by atoms with Crippen LogP contribution in [0.5, 0.6) is 11.5 Å². The Hall–Kier alpha value is -3.75. The number of ketones is 1. The fraction of sp³-hybridized carbons (Fsp3) is 0.267. The van der Waals surface area contributed by atoms with Crippen LogP contribution in [0.15, 0.2) is 82.8 Å². The molecule has 0 aliphatic carbocycles. The number of carbonyl (C=O) groups is 1. The number of thiol groups is 1. The zero-order valence-corrected chi connectivity index (χ0v) is 22.2. The summed E-state index contributed by atoms with van der Waals surface area (Å²) in [7, 11) is 0.470. The molecule has 2 atom stereocenters. The van der Waals surface area contributed by atoms with Crippen molar-refractivity contribution in [2.24, 2.45) is 4.99 Å². The van der Waals surface area contributed by atoms with Crippen LogP contribution in [-0.2, 0) is 0 Å². The third kappa shape index (κ3) is 5.01. The summed E-state index contributed by atoms with van der Waals surface area (Å²) >= 11 is 0. The van der Waals surface area contributed by atoms with Crippen LogP contribution in [0.1, 0.15) is 23.2 Å². The predicted octanol–water partition coefficient (Wildman–Crippen LogP) is 5.88. The minimum Gasteiger partial charge on any atom is -0.497 e. The van der Waals surface area contributed by atoms with Crippen LogP contribution in [-0.4, -0.2) is 59.9 Å². The molecular weight excluding hydrogens is 496 g/mol. The van der Waals surface area contributed by atoms with Gasteiger partial charge < -0.3 is 19.8 Å². The number of H-pyrrole nitrogens is 1. The van der Waals surface area contributed by atoms with Crippen molar-refractivity contribution in [2.75, 3.05) is 38.7 Å². The lowest BCUT2D eigenvalue weighted by Gasteiger charge is -2.27. The summed E-state index contributed by atoms with van der Waals surface area (Å²) in [5.74, 6) is 1.37. The van der Waals surface area contributed by atoms with Crippen LogP contribution in [0, 0.1) is 0 Å². The van der Waals surface area contributed by atoms with Gasteiger partial charge in [0.15, 0.2) is 5.78 Å². The zero-order chi connectivity index (χ0) is 25.9. The highest BCUT2D eigenvalue weighted by molar-refractivity contribution is 8.29. The molecule has 1 saturated heterocycles. The molecule has 1 radical (unpaired) electrons. The monoisotopic (exact) mass is 527 g/mol. The van der Waals surface area contributed by atoms with E-state index in [0.717, 1.165) is 46.8 Å². The highest BCUT2D eigenvalue weighted by Gasteiger charge is 2.32. The van der Waals surface area contributed by atoms with E-state index >= 15 is 0 Å². The van der Waals surface area contributed by atoms with Gasteiger partial charge in [-0.1, -0.05) is 30.3 Å². The molecule has 0 spiro atoms. The lowest BCUT2D eigenvalue weighted by atomic mass is 10.1. The average molecular weight is 528 g/mol. The van der Waals surface area contributed by atoms with E-state index in [4.69, 9.17) is 9.47 Å². The normalized spacial score (nSPS) is 18.4. The number of hydrogen-bond acceptors (Lipinski definition) is 6. The van der Waals surface area contributed by atoms with Crippen molar-refractivity contribution < 1.29 is 14.3 Å². The number of carbonyl (C=O) groups excluding carboxylic acids is 1. The van der Waals surface area contributed by atoms with E-state index in [1.165, 1.54) is 12.8 Å². The third-order valence-corrected chi connectivity index (χ3v) is 9.17. The molecule has 8 heteroatoms. The van der Waals surface area contributed by atoms with Crippen LogP contribution in [0.25, 0.3) is 10.9 Å². The van der Waals surface area contributed by atoms with E-state index in [1.807, 2.05) is 66.7 Å². The minimum absolute atomic E-state index is 0.00714. The Balaban J connectivity index is 1.31. The number of methoxy groups -OCH3 is 1. The number of nitrogens with one attached hydrogen (secondary N) is 2. The molecule has 0 bridgehead atoms. The Kier molecular flexibility index (Phi) is 7.07. The Labute approximate surface area is 225 Å². The molecule has 195 valence electrons. The van der Waals surface area contributed by atoms with Crippen molar-refractivity contribution in [1.29, 1.82) is 0 Å². The number of para-hydroxylation sites is 2. The van der Waals surface area contributed by atoms with E-state index in [1.54, 1.807) is 13.3 Å². The molecule has 1 fully saturated rings. The molecule has 2 N–H and O–H groups in total. The van der Waals surface area contributed by atoms with E-state index in [0.29, 0.717) is 23.7 Å². The smallest absolute Gasteiger partial charge is 0.196 e. The Bertz CT molecular complexity index is 1480. The zero-order valence-electron chi connectivity index (χ0n) is 21.3. The maximum atomic E-state index is 14.2. The van der Waals surface area contributed by atoms with Crippen LogP contribution in [0.4, 0.5) is 11.4 Å². The number of Topliss-reactive ketones (excluding diaryl/α,β-unsaturated/α-hetero) is 1. The van der Waals surface area contributed by atoms with Gasteiger partial charge in [-0.3, -0.25) is 9.69 Å². The first kappa shape index (κ1) is 24.6. The van der Waals surface area contributed by atoms with Gasteiger partial charge in [0, 0.05) is 58.0 Å². The number of nitrogens with zero attached hydrogens (tertiary/aromatic N) is 2. The van der Waals surface area contributed by atoms with Gasteiger partial charge in [-0.15, -0.1) is 0 Å². The fourth-order valence-corrected chi connectivity index (χ4v) is 7.09. The first-order valence-corrected chi connectivity index (χ1v) is 14.4. The molecular formula is C30H31N4O3S. The third-order valence-electron chi connectivity index (χ3n) is 7.07. The number of aromatic nitrogens is 1. The maximum absolute atomic E-state index is 14.2. The Morgan fingerprint density at radius 3 is 2.76 bits per heavy atom. The summed E-state index contributed by atoms with van der Waals surface area (Å²) in [6.07, 6.45) is 4.31. The lowest BCUT2D eigenvalue weighted by Crippen LogP contribution is -2.30. The van der Waals surface area contributed by atoms with Crippen LogP contribution in [0.3, 0.4) is 0 Å². The summed E-state index contributed by atoms with van der Waals surface area (Å²) in [5, 5.41) is 3.87. The fourth-order valence-electron chi connectivity index (χ4n) is 5.10. The van der Waals surface area contributed by atoms with Crippen molar-refractivity contribution >= 4 is 44.5 Å². The minimum atomic E-state index is -1.17. The molecule has 0 amide bonds. The quantitative estimate of drug-likeness (QED) is 0.177. The van der Waals surface area contributed by atoms with Gasteiger partial charge in [-0.05, 0) is 44.1 Å². The first-order chi connectivity index (χ1) is 18.7. The van der Waals surface area contributed by atoms with Crippen molar-refractivity contribution in [3.63, 3.8) is 0 Å². The predicted molar refractivity (Wildman–Crippen MR) is 155 cm³/mol. The number of rotatable bonds is 10. The van der Waals surface area contributed by atoms with Gasteiger partial charge in [0.2, 0.25) is 0 Å². The molecule has 38 heavy (non-hydrogen) atoms. The molecule has 6 rings (SSSR count). The van der Waals surface area contributed by atoms with Gasteiger partial charge in [-0.25, -0.2) is 4.99 Å². The molecule has 4 aromatic rings. The molecule has 0 saturated carbocycles. The Morgan fingerprint density at radius 1 is 1.11 bits per heavy atom. The highest BCUT2D eigenvalue weighted by atomic mass is 32.2. The summed E-state index contributed by atoms with van der Waals surface area (Å²) in [5.41, 5.74) is 6.48. The molecule has 3 aromatic carbocycles. The summed E-state index contributed by atoms with van der Waals surface area (Å²) in [6.45, 7) is 3.77. The van der Waals surface area contributed by atoms with Gasteiger partial charge in [0.25, 0.3) is 0 Å². The first-order valence-electron chi connectivity index (χ1n) is 13.0. The van der Waals surface area contributed by atoms with Crippen molar-refractivity contribution in [1.82, 2.24) is 9.88 Å². The number of fused-ring (bicyclic) bond motifs is 2. The van der Waals surface area contributed by atoms with Gasteiger partial charge >= 0.3 is 0 Å². The standard InChI is InChI=1S/C30H31N4O3S/c1-36-22-16-21(17-23(18-22)37-15-14-34-12-6-7-13-34)33-30(38-20-32-27-10-4-5-11-28(27)38)29(35)25-19-31-26-9-3-2-8-24(25)26/h2-5,8-11,16-19,30-31,33,38H,6-7,12-15H2,1H3. The van der Waals surface area contributed by atoms with Crippen LogP contribution >= 0.6 is 10.9 Å². The highest BCUT2D eigenvalue weighted by Crippen LogP contribution is 2.50. The van der Waals surface area contributed by atoms with Gasteiger partial charge in [0.05, 0.1) is 12.8 Å². The number of hydrogen-bond donors (Lipinski definition) is 3. The maximum Gasteiger partial charge on any atom is 0.196 e. The second-order valence-corrected chi connectivity index (χ2v) is 11.5. The number of aliphatic imine (C=N–C) groups is 1. The second-order valence-electron chi connectivity index (χ2n) is 9.52. The number of anilines is 1. The summed E-state index contributed by atoms with van der Waals surface area (Å²) < 4.78 is 11.7. The molecule has 2 aliphatic heterocycles. The summed E-state index contributed by atoms with van der Waals surface area (Å²) in [4.78, 5) is 25.4. The molecule has 2 aliphatic rings. The van der Waals surface area contributed by atoms with Gasteiger partial charge in [-0.2, -0.15) is 10.9 Å². The molecule has 7 nitrogen and oxygen atoms in total. The van der Waals surface area contributed by atoms with Crippen molar-refractivity contribution in [3.8, 4) is 11.5 Å². The number of benzene rings is 3. The van der Waals surface area contributed by atoms with Crippen LogP contribution in [0.2, 0.25) is 0 Å². The van der Waals surface area contributed by atoms with Crippen molar-refractivity contribution in [2.45, 2.75) is 23.1 Å². The summed E-state index contributed by atoms with van der Waals surface area (Å²) in [6, 6.07) is 21.5. The van der Waals surface area contributed by atoms with Crippen LogP contribution < -0.4 is 14.8 Å². The van der Waals surface area contributed by atoms with E-state index < -0.39 is 16.3 Å². The Morgan fingerprint density at radius 2 is 1.89 bits per heavy atom.